The smallest absolute Gasteiger partial charge is 0.234 e. The number of carbonyl (C=O) groups is 1. The molecule has 14 heavy (non-hydrogen) atoms. The molecule has 1 atom stereocenters. The summed E-state index contributed by atoms with van der Waals surface area (Å²) >= 11 is 0. The van der Waals surface area contributed by atoms with Crippen LogP contribution < -0.4 is 5.32 Å². The van der Waals surface area contributed by atoms with Crippen LogP contribution in [-0.2, 0) is 4.79 Å². The first-order valence-electron chi connectivity index (χ1n) is 4.89. The van der Waals surface area contributed by atoms with Crippen molar-refractivity contribution < 1.29 is 4.79 Å². The van der Waals surface area contributed by atoms with Gasteiger partial charge in [-0.05, 0) is 19.9 Å². The summed E-state index contributed by atoms with van der Waals surface area (Å²) in [5.41, 5.74) is 0. The predicted octanol–water partition coefficient (Wildman–Crippen LogP) is 0.712. The molecular formula is C11H20N2O. The third-order valence-corrected chi connectivity index (χ3v) is 2.44. The topological polar surface area (TPSA) is 32.3 Å². The van der Waals surface area contributed by atoms with Crippen molar-refractivity contribution in [3.8, 4) is 12.3 Å². The number of nitrogens with one attached hydrogen (secondary N) is 1. The minimum Gasteiger partial charge on any atom is -0.344 e. The molecule has 0 aliphatic heterocycles. The van der Waals surface area contributed by atoms with E-state index < -0.39 is 0 Å². The number of hydrogen-bond acceptors (Lipinski definition) is 2. The van der Waals surface area contributed by atoms with Crippen LogP contribution in [0.15, 0.2) is 0 Å². The molecule has 0 aliphatic rings. The summed E-state index contributed by atoms with van der Waals surface area (Å²) in [5, 5.41) is 2.64. The van der Waals surface area contributed by atoms with E-state index >= 15 is 0 Å². The number of nitrogens with zero attached hydrogens (tertiary/aromatic N) is 1. The Bertz CT molecular complexity index is 218. The summed E-state index contributed by atoms with van der Waals surface area (Å²) in [6, 6.07) is 0.395. The van der Waals surface area contributed by atoms with Gasteiger partial charge in [-0.15, -0.1) is 6.42 Å². The van der Waals surface area contributed by atoms with Gasteiger partial charge in [-0.1, -0.05) is 19.8 Å². The Morgan fingerprint density at radius 1 is 1.50 bits per heavy atom. The van der Waals surface area contributed by atoms with Crippen molar-refractivity contribution in [1.82, 2.24) is 10.2 Å². The second-order valence-corrected chi connectivity index (χ2v) is 3.88. The molecule has 0 aromatic carbocycles. The highest BCUT2D eigenvalue weighted by atomic mass is 16.2. The minimum absolute atomic E-state index is 0.0158. The molecule has 1 N–H and O–H groups in total. The first kappa shape index (κ1) is 13.0. The normalized spacial score (nSPS) is 12.6. The maximum Gasteiger partial charge on any atom is 0.234 e. The van der Waals surface area contributed by atoms with E-state index in [9.17, 15) is 4.79 Å². The molecule has 0 heterocycles. The lowest BCUT2D eigenvalue weighted by molar-refractivity contribution is -0.122. The van der Waals surface area contributed by atoms with Crippen molar-refractivity contribution in [2.75, 3.05) is 20.1 Å². The van der Waals surface area contributed by atoms with Crippen molar-refractivity contribution in [1.29, 1.82) is 0 Å². The van der Waals surface area contributed by atoms with Crippen LogP contribution in [0.25, 0.3) is 0 Å². The lowest BCUT2D eigenvalue weighted by atomic mass is 10.1. The Kier molecular flexibility index (Phi) is 5.98. The van der Waals surface area contributed by atoms with Crippen LogP contribution in [0.5, 0.6) is 0 Å². The molecule has 0 spiro atoms. The van der Waals surface area contributed by atoms with Crippen LogP contribution in [0, 0.1) is 18.3 Å². The maximum absolute atomic E-state index is 11.3. The van der Waals surface area contributed by atoms with Gasteiger partial charge in [-0.25, -0.2) is 0 Å². The van der Waals surface area contributed by atoms with Gasteiger partial charge >= 0.3 is 0 Å². The number of terminal acetylenes is 1. The monoisotopic (exact) mass is 196 g/mol. The van der Waals surface area contributed by atoms with E-state index in [-0.39, 0.29) is 5.91 Å². The van der Waals surface area contributed by atoms with Gasteiger partial charge in [0, 0.05) is 6.04 Å². The lowest BCUT2D eigenvalue weighted by Crippen LogP contribution is -2.41. The van der Waals surface area contributed by atoms with Crippen LogP contribution in [0.4, 0.5) is 0 Å². The molecule has 3 nitrogen and oxygen atoms in total. The lowest BCUT2D eigenvalue weighted by Gasteiger charge is -2.26. The molecule has 0 saturated heterocycles. The van der Waals surface area contributed by atoms with E-state index in [0.29, 0.717) is 25.0 Å². The van der Waals surface area contributed by atoms with E-state index in [1.165, 1.54) is 0 Å². The number of carbonyl (C=O) groups excluding carboxylic acids is 1. The van der Waals surface area contributed by atoms with Gasteiger partial charge < -0.3 is 5.32 Å². The second-order valence-electron chi connectivity index (χ2n) is 3.88. The molecule has 1 amide bonds. The fourth-order valence-electron chi connectivity index (χ4n) is 1.08. The molecular weight excluding hydrogens is 176 g/mol. The Morgan fingerprint density at radius 3 is 2.50 bits per heavy atom. The van der Waals surface area contributed by atoms with Crippen LogP contribution >= 0.6 is 0 Å². The molecule has 80 valence electrons. The van der Waals surface area contributed by atoms with Crippen molar-refractivity contribution >= 4 is 5.91 Å². The maximum atomic E-state index is 11.3. The first-order chi connectivity index (χ1) is 6.49. The summed E-state index contributed by atoms with van der Waals surface area (Å²) in [6.07, 6.45) is 5.04. The third kappa shape index (κ3) is 4.88. The van der Waals surface area contributed by atoms with Gasteiger partial charge in [0.25, 0.3) is 0 Å². The van der Waals surface area contributed by atoms with Gasteiger partial charge in [0.1, 0.15) is 0 Å². The summed E-state index contributed by atoms with van der Waals surface area (Å²) in [6.45, 7) is 7.10. The largest absolute Gasteiger partial charge is 0.344 e. The van der Waals surface area contributed by atoms with Crippen LogP contribution in [0.2, 0.25) is 0 Å². The Hall–Kier alpha value is -1.01. The third-order valence-electron chi connectivity index (χ3n) is 2.44. The first-order valence-corrected chi connectivity index (χ1v) is 4.89. The predicted molar refractivity (Wildman–Crippen MR) is 58.8 cm³/mol. The Morgan fingerprint density at radius 2 is 2.07 bits per heavy atom. The average Bonchev–Trinajstić information content (AvgIpc) is 2.13. The van der Waals surface area contributed by atoms with Crippen LogP contribution in [-0.4, -0.2) is 37.0 Å². The van der Waals surface area contributed by atoms with Gasteiger partial charge in [-0.3, -0.25) is 9.69 Å². The highest BCUT2D eigenvalue weighted by Crippen LogP contribution is 2.06. The molecule has 0 fully saturated rings. The highest BCUT2D eigenvalue weighted by molar-refractivity contribution is 5.78. The molecule has 0 radical (unpaired) electrons. The van der Waals surface area contributed by atoms with Gasteiger partial charge in [0.15, 0.2) is 0 Å². The SMILES string of the molecule is C#CCNC(=O)CN(C)C(C)C(C)C. The molecule has 0 aromatic rings. The van der Waals surface area contributed by atoms with E-state index in [4.69, 9.17) is 6.42 Å². The van der Waals surface area contributed by atoms with Crippen molar-refractivity contribution in [3.63, 3.8) is 0 Å². The minimum atomic E-state index is -0.0158. The van der Waals surface area contributed by atoms with E-state index in [1.807, 2.05) is 11.9 Å². The summed E-state index contributed by atoms with van der Waals surface area (Å²) in [7, 11) is 1.94. The quantitative estimate of drug-likeness (QED) is 0.657. The summed E-state index contributed by atoms with van der Waals surface area (Å²) < 4.78 is 0. The molecule has 3 heteroatoms. The zero-order valence-electron chi connectivity index (χ0n) is 9.50. The van der Waals surface area contributed by atoms with E-state index in [0.717, 1.165) is 0 Å². The average molecular weight is 196 g/mol. The van der Waals surface area contributed by atoms with Crippen LogP contribution in [0.3, 0.4) is 0 Å². The number of hydrogen-bond donors (Lipinski definition) is 1. The van der Waals surface area contributed by atoms with Crippen molar-refractivity contribution in [2.24, 2.45) is 5.92 Å². The molecule has 0 rings (SSSR count). The van der Waals surface area contributed by atoms with Gasteiger partial charge in [0.2, 0.25) is 5.91 Å². The molecule has 0 saturated carbocycles. The highest BCUT2D eigenvalue weighted by Gasteiger charge is 2.15. The van der Waals surface area contributed by atoms with Gasteiger partial charge in [-0.2, -0.15) is 0 Å². The standard InChI is InChI=1S/C11H20N2O/c1-6-7-12-11(14)8-13(5)10(4)9(2)3/h1,9-10H,7-8H2,2-5H3,(H,12,14). The molecule has 0 aromatic heterocycles. The number of likely N-dealkylation sites (N-methyl/N-ethyl adjacent to an activating group) is 1. The zero-order valence-corrected chi connectivity index (χ0v) is 9.50. The zero-order chi connectivity index (χ0) is 11.1. The molecule has 1 unspecified atom stereocenters. The Labute approximate surface area is 86.9 Å². The number of amides is 1. The van der Waals surface area contributed by atoms with Crippen molar-refractivity contribution in [2.45, 2.75) is 26.8 Å². The summed E-state index contributed by atoms with van der Waals surface area (Å²) in [4.78, 5) is 13.3. The van der Waals surface area contributed by atoms with E-state index in [1.54, 1.807) is 0 Å². The fraction of sp³-hybridized carbons (Fsp3) is 0.727. The number of rotatable bonds is 5. The van der Waals surface area contributed by atoms with Crippen molar-refractivity contribution in [3.05, 3.63) is 0 Å². The van der Waals surface area contributed by atoms with E-state index in [2.05, 4.69) is 32.0 Å². The molecule has 0 aliphatic carbocycles. The second kappa shape index (κ2) is 6.44. The van der Waals surface area contributed by atoms with Crippen LogP contribution in [0.1, 0.15) is 20.8 Å². The molecule has 0 bridgehead atoms. The van der Waals surface area contributed by atoms with Gasteiger partial charge in [0.05, 0.1) is 13.1 Å². The fourth-order valence-corrected chi connectivity index (χ4v) is 1.08. The Balaban J connectivity index is 3.88. The summed E-state index contributed by atoms with van der Waals surface area (Å²) in [5.74, 6) is 2.90.